The van der Waals surface area contributed by atoms with Crippen LogP contribution in [0, 0.1) is 0 Å². The highest BCUT2D eigenvalue weighted by molar-refractivity contribution is 7.09. The van der Waals surface area contributed by atoms with E-state index >= 15 is 0 Å². The summed E-state index contributed by atoms with van der Waals surface area (Å²) in [5.41, 5.74) is 1.18. The molecule has 2 aromatic heterocycles. The first-order valence-electron chi connectivity index (χ1n) is 7.04. The summed E-state index contributed by atoms with van der Waals surface area (Å²) in [6.45, 7) is 8.56. The summed E-state index contributed by atoms with van der Waals surface area (Å²) in [6.07, 6.45) is 3.82. The van der Waals surface area contributed by atoms with Gasteiger partial charge in [0, 0.05) is 31.3 Å². The SMILES string of the molecule is CCOCc1cnc2n1CCN(Cc1nccs1)[C@@H]2C. The number of imidazole rings is 1. The Morgan fingerprint density at radius 1 is 1.40 bits per heavy atom. The average Bonchev–Trinajstić information content (AvgIpc) is 3.09. The van der Waals surface area contributed by atoms with Gasteiger partial charge >= 0.3 is 0 Å². The van der Waals surface area contributed by atoms with Gasteiger partial charge in [-0.25, -0.2) is 9.97 Å². The molecule has 0 aliphatic carbocycles. The van der Waals surface area contributed by atoms with E-state index in [9.17, 15) is 0 Å². The third-order valence-electron chi connectivity index (χ3n) is 3.78. The van der Waals surface area contributed by atoms with Crippen LogP contribution < -0.4 is 0 Å². The highest BCUT2D eigenvalue weighted by atomic mass is 32.1. The summed E-state index contributed by atoms with van der Waals surface area (Å²) in [5.74, 6) is 1.14. The van der Waals surface area contributed by atoms with Crippen LogP contribution in [0.1, 0.15) is 36.4 Å². The molecule has 0 saturated heterocycles. The van der Waals surface area contributed by atoms with Gasteiger partial charge in [-0.15, -0.1) is 11.3 Å². The molecule has 1 aliphatic heterocycles. The van der Waals surface area contributed by atoms with E-state index in [1.165, 1.54) is 10.7 Å². The summed E-state index contributed by atoms with van der Waals surface area (Å²) in [7, 11) is 0. The Morgan fingerprint density at radius 2 is 2.30 bits per heavy atom. The van der Waals surface area contributed by atoms with Gasteiger partial charge in [0.15, 0.2) is 0 Å². The third-order valence-corrected chi connectivity index (χ3v) is 4.54. The molecule has 20 heavy (non-hydrogen) atoms. The monoisotopic (exact) mass is 292 g/mol. The van der Waals surface area contributed by atoms with Crippen LogP contribution in [0.3, 0.4) is 0 Å². The van der Waals surface area contributed by atoms with Crippen molar-refractivity contribution in [2.45, 2.75) is 39.6 Å². The maximum Gasteiger partial charge on any atom is 0.126 e. The summed E-state index contributed by atoms with van der Waals surface area (Å²) < 4.78 is 7.81. The Labute approximate surface area is 123 Å². The second-order valence-corrected chi connectivity index (χ2v) is 5.95. The minimum atomic E-state index is 0.322. The number of nitrogens with zero attached hydrogens (tertiary/aromatic N) is 4. The molecule has 0 bridgehead atoms. The number of rotatable bonds is 5. The van der Waals surface area contributed by atoms with E-state index in [0.29, 0.717) is 12.6 Å². The molecule has 1 atom stereocenters. The second kappa shape index (κ2) is 6.03. The molecule has 0 saturated carbocycles. The molecule has 5 nitrogen and oxygen atoms in total. The first-order chi connectivity index (χ1) is 9.79. The fourth-order valence-electron chi connectivity index (χ4n) is 2.65. The lowest BCUT2D eigenvalue weighted by molar-refractivity contribution is 0.119. The molecule has 0 amide bonds. The van der Waals surface area contributed by atoms with Gasteiger partial charge in [-0.1, -0.05) is 0 Å². The summed E-state index contributed by atoms with van der Waals surface area (Å²) in [6, 6.07) is 0.322. The van der Waals surface area contributed by atoms with E-state index in [1.54, 1.807) is 11.3 Å². The smallest absolute Gasteiger partial charge is 0.126 e. The van der Waals surface area contributed by atoms with Gasteiger partial charge in [-0.2, -0.15) is 0 Å². The third kappa shape index (κ3) is 2.63. The average molecular weight is 292 g/mol. The summed E-state index contributed by atoms with van der Waals surface area (Å²) in [5, 5.41) is 3.21. The van der Waals surface area contributed by atoms with Gasteiger partial charge in [0.25, 0.3) is 0 Å². The second-order valence-electron chi connectivity index (χ2n) is 4.97. The van der Waals surface area contributed by atoms with Crippen LogP contribution in [-0.4, -0.2) is 32.6 Å². The number of aromatic nitrogens is 3. The van der Waals surface area contributed by atoms with Gasteiger partial charge in [0.2, 0.25) is 0 Å². The number of hydrogen-bond acceptors (Lipinski definition) is 5. The molecule has 0 N–H and O–H groups in total. The van der Waals surface area contributed by atoms with Crippen LogP contribution in [-0.2, 0) is 24.4 Å². The van der Waals surface area contributed by atoms with Crippen LogP contribution in [0.5, 0.6) is 0 Å². The normalized spacial score (nSPS) is 19.2. The lowest BCUT2D eigenvalue weighted by atomic mass is 10.2. The Bertz CT molecular complexity index is 552. The van der Waals surface area contributed by atoms with Gasteiger partial charge in [0.1, 0.15) is 10.8 Å². The molecule has 0 unspecified atom stereocenters. The molecule has 2 aromatic rings. The van der Waals surface area contributed by atoms with Crippen LogP contribution in [0.15, 0.2) is 17.8 Å². The molecule has 0 spiro atoms. The molecular weight excluding hydrogens is 272 g/mol. The fourth-order valence-corrected chi connectivity index (χ4v) is 3.29. The van der Waals surface area contributed by atoms with Crippen LogP contribution in [0.2, 0.25) is 0 Å². The van der Waals surface area contributed by atoms with E-state index < -0.39 is 0 Å². The van der Waals surface area contributed by atoms with Crippen LogP contribution in [0.4, 0.5) is 0 Å². The minimum absolute atomic E-state index is 0.322. The maximum atomic E-state index is 5.51. The summed E-state index contributed by atoms with van der Waals surface area (Å²) in [4.78, 5) is 11.4. The van der Waals surface area contributed by atoms with Crippen molar-refractivity contribution in [2.75, 3.05) is 13.2 Å². The predicted octanol–water partition coefficient (Wildman–Crippen LogP) is 2.45. The Balaban J connectivity index is 1.74. The van der Waals surface area contributed by atoms with Gasteiger partial charge in [0.05, 0.1) is 31.1 Å². The predicted molar refractivity (Wildman–Crippen MR) is 78.5 cm³/mol. The first kappa shape index (κ1) is 13.7. The van der Waals surface area contributed by atoms with Crippen molar-refractivity contribution in [2.24, 2.45) is 0 Å². The van der Waals surface area contributed by atoms with Crippen LogP contribution in [0.25, 0.3) is 0 Å². The lowest BCUT2D eigenvalue weighted by Gasteiger charge is -2.33. The zero-order valence-corrected chi connectivity index (χ0v) is 12.8. The highest BCUT2D eigenvalue weighted by Crippen LogP contribution is 2.27. The molecule has 0 radical (unpaired) electrons. The number of hydrogen-bond donors (Lipinski definition) is 0. The van der Waals surface area contributed by atoms with E-state index in [1.807, 2.05) is 24.7 Å². The minimum Gasteiger partial charge on any atom is -0.375 e. The van der Waals surface area contributed by atoms with Crippen LogP contribution >= 0.6 is 11.3 Å². The lowest BCUT2D eigenvalue weighted by Crippen LogP contribution is -2.37. The van der Waals surface area contributed by atoms with E-state index in [2.05, 4.69) is 26.4 Å². The van der Waals surface area contributed by atoms with Gasteiger partial charge < -0.3 is 9.30 Å². The van der Waals surface area contributed by atoms with E-state index in [0.717, 1.165) is 32.1 Å². The highest BCUT2D eigenvalue weighted by Gasteiger charge is 2.27. The first-order valence-corrected chi connectivity index (χ1v) is 7.92. The topological polar surface area (TPSA) is 43.2 Å². The van der Waals surface area contributed by atoms with Gasteiger partial charge in [-0.05, 0) is 13.8 Å². The van der Waals surface area contributed by atoms with Crippen molar-refractivity contribution < 1.29 is 4.74 Å². The molecule has 1 aliphatic rings. The molecule has 0 aromatic carbocycles. The molecule has 0 fully saturated rings. The molecule has 108 valence electrons. The number of thiazole rings is 1. The van der Waals surface area contributed by atoms with Crippen molar-refractivity contribution in [3.8, 4) is 0 Å². The van der Waals surface area contributed by atoms with Crippen molar-refractivity contribution >= 4 is 11.3 Å². The van der Waals surface area contributed by atoms with Gasteiger partial charge in [-0.3, -0.25) is 4.90 Å². The molecule has 3 rings (SSSR count). The number of ether oxygens (including phenoxy) is 1. The molecular formula is C14H20N4OS. The zero-order valence-electron chi connectivity index (χ0n) is 12.0. The molecule has 6 heteroatoms. The Morgan fingerprint density at radius 3 is 3.05 bits per heavy atom. The van der Waals surface area contributed by atoms with E-state index in [4.69, 9.17) is 4.74 Å². The van der Waals surface area contributed by atoms with Crippen molar-refractivity contribution in [3.63, 3.8) is 0 Å². The van der Waals surface area contributed by atoms with Crippen molar-refractivity contribution in [1.82, 2.24) is 19.4 Å². The standard InChI is InChI=1S/C14H20N4OS/c1-3-19-10-12-8-16-14-11(2)17(5-6-18(12)14)9-13-15-4-7-20-13/h4,7-8,11H,3,5-6,9-10H2,1-2H3/t11-/m1/s1. The Kier molecular flexibility index (Phi) is 4.14. The fraction of sp³-hybridized carbons (Fsp3) is 0.571. The van der Waals surface area contributed by atoms with Crippen molar-refractivity contribution in [1.29, 1.82) is 0 Å². The van der Waals surface area contributed by atoms with Crippen molar-refractivity contribution in [3.05, 3.63) is 34.3 Å². The number of fused-ring (bicyclic) bond motifs is 1. The quantitative estimate of drug-likeness (QED) is 0.849. The largest absolute Gasteiger partial charge is 0.375 e. The van der Waals surface area contributed by atoms with E-state index in [-0.39, 0.29) is 0 Å². The zero-order chi connectivity index (χ0) is 13.9. The Hall–Kier alpha value is -1.24. The molecule has 3 heterocycles. The maximum absolute atomic E-state index is 5.51. The summed E-state index contributed by atoms with van der Waals surface area (Å²) >= 11 is 1.72.